The number of rotatable bonds is 6. The van der Waals surface area contributed by atoms with Crippen LogP contribution in [0.4, 0.5) is 5.69 Å². The molecule has 0 bridgehead atoms. The van der Waals surface area contributed by atoms with E-state index in [1.54, 1.807) is 17.1 Å². The largest absolute Gasteiger partial charge is 0.319 e. The van der Waals surface area contributed by atoms with Gasteiger partial charge < -0.3 is 5.32 Å². The Hall–Kier alpha value is -2.11. The summed E-state index contributed by atoms with van der Waals surface area (Å²) >= 11 is 0. The third kappa shape index (κ3) is 2.91. The van der Waals surface area contributed by atoms with Gasteiger partial charge in [-0.05, 0) is 26.2 Å². The molecule has 118 valence electrons. The number of hydrogen-bond acceptors (Lipinski definition) is 3. The highest BCUT2D eigenvalue weighted by Gasteiger charge is 2.31. The molecule has 6 nitrogen and oxygen atoms in total. The maximum atomic E-state index is 12.6. The Balaban J connectivity index is 1.76. The molecule has 1 N–H and O–H groups in total. The lowest BCUT2D eigenvalue weighted by molar-refractivity contribution is 0.102. The van der Waals surface area contributed by atoms with Gasteiger partial charge in [0.05, 0.1) is 28.8 Å². The van der Waals surface area contributed by atoms with Gasteiger partial charge >= 0.3 is 0 Å². The smallest absolute Gasteiger partial charge is 0.259 e. The molecule has 1 amide bonds. The average molecular weight is 301 g/mol. The highest BCUT2D eigenvalue weighted by molar-refractivity contribution is 6.05. The zero-order chi connectivity index (χ0) is 15.7. The lowest BCUT2D eigenvalue weighted by Gasteiger charge is -2.06. The van der Waals surface area contributed by atoms with E-state index in [1.165, 1.54) is 0 Å². The van der Waals surface area contributed by atoms with Gasteiger partial charge in [-0.3, -0.25) is 14.2 Å². The molecule has 22 heavy (non-hydrogen) atoms. The van der Waals surface area contributed by atoms with E-state index in [0.29, 0.717) is 11.5 Å². The van der Waals surface area contributed by atoms with Crippen molar-refractivity contribution in [3.63, 3.8) is 0 Å². The van der Waals surface area contributed by atoms with Gasteiger partial charge in [-0.15, -0.1) is 0 Å². The number of hydrogen-bond donors (Lipinski definition) is 1. The number of carbonyl (C=O) groups is 1. The number of amides is 1. The molecule has 3 rings (SSSR count). The minimum Gasteiger partial charge on any atom is -0.319 e. The summed E-state index contributed by atoms with van der Waals surface area (Å²) in [6.07, 6.45) is 8.01. The molecular formula is C16H23N5O. The second-order valence-corrected chi connectivity index (χ2v) is 6.05. The first-order valence-corrected chi connectivity index (χ1v) is 7.97. The number of anilines is 1. The lowest BCUT2D eigenvalue weighted by Crippen LogP contribution is -2.14. The summed E-state index contributed by atoms with van der Waals surface area (Å²) in [7, 11) is 1.86. The Morgan fingerprint density at radius 2 is 2.23 bits per heavy atom. The Kier molecular flexibility index (Phi) is 4.00. The van der Waals surface area contributed by atoms with E-state index in [9.17, 15) is 4.79 Å². The standard InChI is InChI=1S/C16H23N5O/c1-4-5-8-21-11(2)14(9-17-21)18-16(22)13-10-20(3)19-15(13)12-6-7-12/h9-10,12H,4-8H2,1-3H3,(H,18,22). The van der Waals surface area contributed by atoms with Crippen molar-refractivity contribution in [1.82, 2.24) is 19.6 Å². The van der Waals surface area contributed by atoms with E-state index in [-0.39, 0.29) is 5.91 Å². The Morgan fingerprint density at radius 1 is 1.45 bits per heavy atom. The fourth-order valence-electron chi connectivity index (χ4n) is 2.63. The van der Waals surface area contributed by atoms with Gasteiger partial charge in [0.25, 0.3) is 5.91 Å². The lowest BCUT2D eigenvalue weighted by atomic mass is 10.1. The molecule has 0 aliphatic heterocycles. The van der Waals surface area contributed by atoms with E-state index < -0.39 is 0 Å². The highest BCUT2D eigenvalue weighted by Crippen LogP contribution is 2.40. The summed E-state index contributed by atoms with van der Waals surface area (Å²) in [6, 6.07) is 0. The van der Waals surface area contributed by atoms with Crippen LogP contribution in [0.15, 0.2) is 12.4 Å². The van der Waals surface area contributed by atoms with Gasteiger partial charge in [-0.2, -0.15) is 10.2 Å². The van der Waals surface area contributed by atoms with Crippen molar-refractivity contribution in [2.24, 2.45) is 7.05 Å². The second-order valence-electron chi connectivity index (χ2n) is 6.05. The van der Waals surface area contributed by atoms with Crippen LogP contribution in [-0.2, 0) is 13.6 Å². The van der Waals surface area contributed by atoms with E-state index in [2.05, 4.69) is 22.4 Å². The first kappa shape index (κ1) is 14.8. The fourth-order valence-corrected chi connectivity index (χ4v) is 2.63. The minimum absolute atomic E-state index is 0.0897. The van der Waals surface area contributed by atoms with Crippen LogP contribution in [0.5, 0.6) is 0 Å². The van der Waals surface area contributed by atoms with E-state index in [4.69, 9.17) is 0 Å². The molecule has 2 aromatic rings. The number of nitrogens with one attached hydrogen (secondary N) is 1. The summed E-state index contributed by atoms with van der Waals surface area (Å²) in [5.41, 5.74) is 3.40. The molecular weight excluding hydrogens is 278 g/mol. The Bertz CT molecular complexity index is 681. The fraction of sp³-hybridized carbons (Fsp3) is 0.562. The number of aromatic nitrogens is 4. The van der Waals surface area contributed by atoms with Crippen LogP contribution in [-0.4, -0.2) is 25.5 Å². The predicted molar refractivity (Wildman–Crippen MR) is 85.0 cm³/mol. The van der Waals surface area contributed by atoms with Crippen LogP contribution >= 0.6 is 0 Å². The van der Waals surface area contributed by atoms with Gasteiger partial charge in [0.2, 0.25) is 0 Å². The van der Waals surface area contributed by atoms with Crippen molar-refractivity contribution in [2.45, 2.75) is 52.0 Å². The van der Waals surface area contributed by atoms with Crippen LogP contribution < -0.4 is 5.32 Å². The highest BCUT2D eigenvalue weighted by atomic mass is 16.1. The Morgan fingerprint density at radius 3 is 2.91 bits per heavy atom. The van der Waals surface area contributed by atoms with Crippen LogP contribution in [0.25, 0.3) is 0 Å². The molecule has 1 fully saturated rings. The van der Waals surface area contributed by atoms with E-state index in [0.717, 1.165) is 49.3 Å². The van der Waals surface area contributed by atoms with Crippen LogP contribution in [0.1, 0.15) is 60.3 Å². The zero-order valence-corrected chi connectivity index (χ0v) is 13.5. The maximum absolute atomic E-state index is 12.6. The predicted octanol–water partition coefficient (Wildman–Crippen LogP) is 2.85. The zero-order valence-electron chi connectivity index (χ0n) is 13.5. The molecule has 0 saturated heterocycles. The SMILES string of the molecule is CCCCn1ncc(NC(=O)c2cn(C)nc2C2CC2)c1C. The van der Waals surface area contributed by atoms with E-state index in [1.807, 2.05) is 18.7 Å². The van der Waals surface area contributed by atoms with Gasteiger partial charge in [0.1, 0.15) is 0 Å². The van der Waals surface area contributed by atoms with Crippen molar-refractivity contribution in [1.29, 1.82) is 0 Å². The minimum atomic E-state index is -0.0897. The molecule has 0 spiro atoms. The number of nitrogens with zero attached hydrogens (tertiary/aromatic N) is 4. The quantitative estimate of drug-likeness (QED) is 0.892. The molecule has 0 radical (unpaired) electrons. The first-order chi connectivity index (χ1) is 10.6. The van der Waals surface area contributed by atoms with Gasteiger partial charge in [0.15, 0.2) is 0 Å². The third-order valence-corrected chi connectivity index (χ3v) is 4.14. The topological polar surface area (TPSA) is 64.7 Å². The maximum Gasteiger partial charge on any atom is 0.259 e. The monoisotopic (exact) mass is 301 g/mol. The molecule has 0 aromatic carbocycles. The molecule has 1 aliphatic carbocycles. The molecule has 0 atom stereocenters. The second kappa shape index (κ2) is 5.94. The summed E-state index contributed by atoms with van der Waals surface area (Å²) < 4.78 is 3.67. The van der Waals surface area contributed by atoms with Crippen molar-refractivity contribution in [3.05, 3.63) is 29.3 Å². The number of unbranched alkanes of at least 4 members (excludes halogenated alkanes) is 1. The van der Waals surface area contributed by atoms with E-state index >= 15 is 0 Å². The molecule has 1 aliphatic rings. The molecule has 1 saturated carbocycles. The van der Waals surface area contributed by atoms with Crippen molar-refractivity contribution in [3.8, 4) is 0 Å². The van der Waals surface area contributed by atoms with Crippen LogP contribution in [0, 0.1) is 6.92 Å². The Labute approximate surface area is 130 Å². The third-order valence-electron chi connectivity index (χ3n) is 4.14. The molecule has 6 heteroatoms. The molecule has 2 heterocycles. The van der Waals surface area contributed by atoms with Gasteiger partial charge in [0, 0.05) is 25.7 Å². The first-order valence-electron chi connectivity index (χ1n) is 7.97. The van der Waals surface area contributed by atoms with Gasteiger partial charge in [-0.1, -0.05) is 13.3 Å². The number of aryl methyl sites for hydroxylation is 2. The summed E-state index contributed by atoms with van der Waals surface area (Å²) in [5, 5.41) is 11.8. The van der Waals surface area contributed by atoms with Crippen molar-refractivity contribution in [2.75, 3.05) is 5.32 Å². The average Bonchev–Trinajstić information content (AvgIpc) is 3.19. The number of carbonyl (C=O) groups excluding carboxylic acids is 1. The summed E-state index contributed by atoms with van der Waals surface area (Å²) in [5.74, 6) is 0.364. The van der Waals surface area contributed by atoms with Crippen molar-refractivity contribution >= 4 is 11.6 Å². The van der Waals surface area contributed by atoms with Crippen LogP contribution in [0.3, 0.4) is 0 Å². The summed E-state index contributed by atoms with van der Waals surface area (Å²) in [4.78, 5) is 12.6. The van der Waals surface area contributed by atoms with Gasteiger partial charge in [-0.25, -0.2) is 0 Å². The molecule has 0 unspecified atom stereocenters. The summed E-state index contributed by atoms with van der Waals surface area (Å²) in [6.45, 7) is 5.03. The molecule has 2 aromatic heterocycles. The normalized spacial score (nSPS) is 14.3. The van der Waals surface area contributed by atoms with Crippen molar-refractivity contribution < 1.29 is 4.79 Å². The van der Waals surface area contributed by atoms with Crippen LogP contribution in [0.2, 0.25) is 0 Å².